The first-order chi connectivity index (χ1) is 6.42. The molecule has 0 amide bonds. The van der Waals surface area contributed by atoms with E-state index in [9.17, 15) is 0 Å². The largest absolute Gasteiger partial charge is 0.374 e. The molecule has 0 spiro atoms. The van der Waals surface area contributed by atoms with Crippen LogP contribution in [0.25, 0.3) is 0 Å². The molecule has 3 nitrogen and oxygen atoms in total. The lowest BCUT2D eigenvalue weighted by molar-refractivity contribution is -0.0459. The Hall–Kier alpha value is -0.0900. The molecule has 14 heavy (non-hydrogen) atoms. The molecular formula is C10H19ClN2O. The predicted molar refractivity (Wildman–Crippen MR) is 60.0 cm³/mol. The minimum absolute atomic E-state index is 0. The van der Waals surface area contributed by atoms with E-state index in [1.807, 2.05) is 6.08 Å². The van der Waals surface area contributed by atoms with Gasteiger partial charge in [0.2, 0.25) is 0 Å². The van der Waals surface area contributed by atoms with Crippen molar-refractivity contribution in [2.45, 2.75) is 18.6 Å². The van der Waals surface area contributed by atoms with Gasteiger partial charge in [0.1, 0.15) is 0 Å². The molecule has 4 heteroatoms. The van der Waals surface area contributed by atoms with Crippen molar-refractivity contribution in [3.05, 3.63) is 12.7 Å². The van der Waals surface area contributed by atoms with E-state index in [0.29, 0.717) is 12.1 Å². The zero-order valence-electron chi connectivity index (χ0n) is 8.45. The van der Waals surface area contributed by atoms with E-state index >= 15 is 0 Å². The molecule has 2 heterocycles. The third-order valence-electron chi connectivity index (χ3n) is 2.93. The molecule has 0 aromatic heterocycles. The fourth-order valence-corrected chi connectivity index (χ4v) is 2.20. The van der Waals surface area contributed by atoms with E-state index < -0.39 is 0 Å². The molecule has 2 unspecified atom stereocenters. The van der Waals surface area contributed by atoms with Crippen LogP contribution < -0.4 is 5.32 Å². The quantitative estimate of drug-likeness (QED) is 0.705. The Labute approximate surface area is 91.9 Å². The van der Waals surface area contributed by atoms with Crippen molar-refractivity contribution in [2.75, 3.05) is 32.8 Å². The van der Waals surface area contributed by atoms with Gasteiger partial charge in [-0.25, -0.2) is 0 Å². The van der Waals surface area contributed by atoms with Gasteiger partial charge in [-0.3, -0.25) is 4.90 Å². The summed E-state index contributed by atoms with van der Waals surface area (Å²) >= 11 is 0. The number of rotatable bonds is 3. The highest BCUT2D eigenvalue weighted by Gasteiger charge is 2.35. The Morgan fingerprint density at radius 3 is 3.14 bits per heavy atom. The molecule has 2 aliphatic rings. The summed E-state index contributed by atoms with van der Waals surface area (Å²) in [6.07, 6.45) is 3.51. The fourth-order valence-electron chi connectivity index (χ4n) is 2.20. The van der Waals surface area contributed by atoms with Crippen LogP contribution in [0.1, 0.15) is 6.42 Å². The van der Waals surface area contributed by atoms with Crippen LogP contribution >= 0.6 is 12.4 Å². The second-order valence-electron chi connectivity index (χ2n) is 3.75. The number of hydrogen-bond donors (Lipinski definition) is 1. The number of fused-ring (bicyclic) bond motifs is 1. The van der Waals surface area contributed by atoms with E-state index in [0.717, 1.165) is 39.2 Å². The third-order valence-corrected chi connectivity index (χ3v) is 2.93. The summed E-state index contributed by atoms with van der Waals surface area (Å²) in [5, 5.41) is 3.38. The zero-order chi connectivity index (χ0) is 9.10. The van der Waals surface area contributed by atoms with Gasteiger partial charge in [0, 0.05) is 32.2 Å². The van der Waals surface area contributed by atoms with E-state index in [1.165, 1.54) is 0 Å². The van der Waals surface area contributed by atoms with Gasteiger partial charge in [-0.05, 0) is 6.42 Å². The van der Waals surface area contributed by atoms with Crippen molar-refractivity contribution in [1.82, 2.24) is 10.2 Å². The van der Waals surface area contributed by atoms with Gasteiger partial charge in [0.25, 0.3) is 0 Å². The lowest BCUT2D eigenvalue weighted by Gasteiger charge is -2.36. The van der Waals surface area contributed by atoms with Crippen LogP contribution in [-0.4, -0.2) is 49.8 Å². The van der Waals surface area contributed by atoms with Gasteiger partial charge < -0.3 is 10.1 Å². The standard InChI is InChI=1S/C10H18N2O.ClH/c1-2-3-4-12-5-6-13-10-8-11-7-9(10)12;/h2,9-11H,1,3-8H2;1H. The minimum Gasteiger partial charge on any atom is -0.374 e. The molecule has 2 rings (SSSR count). The predicted octanol–water partition coefficient (Wildman–Crippen LogP) is 0.657. The van der Waals surface area contributed by atoms with Gasteiger partial charge in [0.15, 0.2) is 0 Å². The van der Waals surface area contributed by atoms with Crippen molar-refractivity contribution in [3.63, 3.8) is 0 Å². The first-order valence-electron chi connectivity index (χ1n) is 5.09. The lowest BCUT2D eigenvalue weighted by Crippen LogP contribution is -2.50. The molecule has 0 bridgehead atoms. The van der Waals surface area contributed by atoms with Gasteiger partial charge >= 0.3 is 0 Å². The number of hydrogen-bond acceptors (Lipinski definition) is 3. The van der Waals surface area contributed by atoms with Crippen LogP contribution in [0.15, 0.2) is 12.7 Å². The van der Waals surface area contributed by atoms with E-state index in [4.69, 9.17) is 4.74 Å². The molecule has 2 aliphatic heterocycles. The number of ether oxygens (including phenoxy) is 1. The smallest absolute Gasteiger partial charge is 0.0867 e. The summed E-state index contributed by atoms with van der Waals surface area (Å²) in [6.45, 7) is 8.97. The van der Waals surface area contributed by atoms with E-state index in [2.05, 4.69) is 16.8 Å². The first-order valence-corrected chi connectivity index (χ1v) is 5.09. The first kappa shape index (κ1) is 12.0. The highest BCUT2D eigenvalue weighted by molar-refractivity contribution is 5.85. The maximum Gasteiger partial charge on any atom is 0.0867 e. The molecule has 2 atom stereocenters. The molecule has 2 fully saturated rings. The zero-order valence-corrected chi connectivity index (χ0v) is 9.26. The number of nitrogens with zero attached hydrogens (tertiary/aromatic N) is 1. The molecule has 0 radical (unpaired) electrons. The molecule has 0 aromatic rings. The fraction of sp³-hybridized carbons (Fsp3) is 0.800. The normalized spacial score (nSPS) is 32.0. The van der Waals surface area contributed by atoms with Crippen molar-refractivity contribution in [1.29, 1.82) is 0 Å². The summed E-state index contributed by atoms with van der Waals surface area (Å²) < 4.78 is 5.68. The van der Waals surface area contributed by atoms with Crippen LogP contribution in [0, 0.1) is 0 Å². The van der Waals surface area contributed by atoms with E-state index in [-0.39, 0.29) is 12.4 Å². The summed E-state index contributed by atoms with van der Waals surface area (Å²) in [6, 6.07) is 0.605. The molecular weight excluding hydrogens is 200 g/mol. The van der Waals surface area contributed by atoms with E-state index in [1.54, 1.807) is 0 Å². The Kier molecular flexibility index (Phi) is 4.89. The van der Waals surface area contributed by atoms with Gasteiger partial charge in [-0.1, -0.05) is 6.08 Å². The Morgan fingerprint density at radius 1 is 1.50 bits per heavy atom. The molecule has 0 aliphatic carbocycles. The number of nitrogens with one attached hydrogen (secondary N) is 1. The van der Waals surface area contributed by atoms with Gasteiger partial charge in [-0.2, -0.15) is 0 Å². The molecule has 0 aromatic carbocycles. The summed E-state index contributed by atoms with van der Waals surface area (Å²) in [5.41, 5.74) is 0. The Balaban J connectivity index is 0.000000980. The number of morpholine rings is 1. The summed E-state index contributed by atoms with van der Waals surface area (Å²) in [4.78, 5) is 2.52. The summed E-state index contributed by atoms with van der Waals surface area (Å²) in [5.74, 6) is 0. The second kappa shape index (κ2) is 5.71. The monoisotopic (exact) mass is 218 g/mol. The van der Waals surface area contributed by atoms with Gasteiger partial charge in [0.05, 0.1) is 12.7 Å². The SMILES string of the molecule is C=CCCN1CCOC2CNCC21.Cl. The van der Waals surface area contributed by atoms with Crippen molar-refractivity contribution < 1.29 is 4.74 Å². The summed E-state index contributed by atoms with van der Waals surface area (Å²) in [7, 11) is 0. The molecule has 1 N–H and O–H groups in total. The number of halogens is 1. The maximum absolute atomic E-state index is 5.68. The van der Waals surface area contributed by atoms with Crippen LogP contribution in [0.5, 0.6) is 0 Å². The average molecular weight is 219 g/mol. The topological polar surface area (TPSA) is 24.5 Å². The molecule has 2 saturated heterocycles. The van der Waals surface area contributed by atoms with Crippen LogP contribution in [0.3, 0.4) is 0 Å². The highest BCUT2D eigenvalue weighted by atomic mass is 35.5. The van der Waals surface area contributed by atoms with Crippen LogP contribution in [0.2, 0.25) is 0 Å². The maximum atomic E-state index is 5.68. The molecule has 82 valence electrons. The Morgan fingerprint density at radius 2 is 2.36 bits per heavy atom. The van der Waals surface area contributed by atoms with Crippen molar-refractivity contribution >= 4 is 12.4 Å². The third kappa shape index (κ3) is 2.48. The molecule has 0 saturated carbocycles. The minimum atomic E-state index is 0. The second-order valence-corrected chi connectivity index (χ2v) is 3.75. The highest BCUT2D eigenvalue weighted by Crippen LogP contribution is 2.17. The van der Waals surface area contributed by atoms with Crippen molar-refractivity contribution in [2.24, 2.45) is 0 Å². The van der Waals surface area contributed by atoms with Crippen LogP contribution in [-0.2, 0) is 4.74 Å². The van der Waals surface area contributed by atoms with Gasteiger partial charge in [-0.15, -0.1) is 19.0 Å². The average Bonchev–Trinajstić information content (AvgIpc) is 2.62. The van der Waals surface area contributed by atoms with Crippen LogP contribution in [0.4, 0.5) is 0 Å². The Bertz CT molecular complexity index is 189. The van der Waals surface area contributed by atoms with Crippen molar-refractivity contribution in [3.8, 4) is 0 Å². The lowest BCUT2D eigenvalue weighted by atomic mass is 10.1.